The van der Waals surface area contributed by atoms with Crippen LogP contribution >= 0.6 is 0 Å². The first-order valence-corrected chi connectivity index (χ1v) is 10.3. The summed E-state index contributed by atoms with van der Waals surface area (Å²) in [5, 5.41) is 3.05. The molecule has 1 aromatic heterocycles. The summed E-state index contributed by atoms with van der Waals surface area (Å²) >= 11 is 0. The molecule has 6 nitrogen and oxygen atoms in total. The number of piperidine rings is 1. The van der Waals surface area contributed by atoms with E-state index in [9.17, 15) is 9.59 Å². The van der Waals surface area contributed by atoms with Crippen molar-refractivity contribution in [3.63, 3.8) is 0 Å². The first kappa shape index (κ1) is 19.4. The van der Waals surface area contributed by atoms with Crippen molar-refractivity contribution < 1.29 is 9.59 Å². The number of nitrogens with zero attached hydrogens (tertiary/aromatic N) is 3. The number of amides is 2. The Morgan fingerprint density at radius 3 is 2.38 bits per heavy atom. The summed E-state index contributed by atoms with van der Waals surface area (Å²) in [6, 6.07) is 12.2. The highest BCUT2D eigenvalue weighted by atomic mass is 16.2. The van der Waals surface area contributed by atoms with Gasteiger partial charge in [0.05, 0.1) is 17.3 Å². The van der Waals surface area contributed by atoms with Crippen molar-refractivity contribution in [1.82, 2.24) is 9.88 Å². The van der Waals surface area contributed by atoms with Crippen LogP contribution in [0.15, 0.2) is 42.6 Å². The molecule has 29 heavy (non-hydrogen) atoms. The minimum absolute atomic E-state index is 0.00481. The molecule has 0 atom stereocenters. The van der Waals surface area contributed by atoms with E-state index in [0.29, 0.717) is 5.92 Å². The lowest BCUT2D eigenvalue weighted by Gasteiger charge is -2.40. The van der Waals surface area contributed by atoms with E-state index >= 15 is 0 Å². The summed E-state index contributed by atoms with van der Waals surface area (Å²) in [6.07, 6.45) is 3.78. The zero-order chi connectivity index (χ0) is 20.4. The van der Waals surface area contributed by atoms with Gasteiger partial charge in [0, 0.05) is 45.0 Å². The first-order chi connectivity index (χ1) is 14.0. The summed E-state index contributed by atoms with van der Waals surface area (Å²) in [6.45, 7) is 6.74. The minimum atomic E-state index is 0.00481. The Labute approximate surface area is 171 Å². The molecule has 0 radical (unpaired) electrons. The quantitative estimate of drug-likeness (QED) is 0.868. The van der Waals surface area contributed by atoms with Gasteiger partial charge in [0.1, 0.15) is 0 Å². The van der Waals surface area contributed by atoms with Crippen molar-refractivity contribution in [1.29, 1.82) is 0 Å². The summed E-state index contributed by atoms with van der Waals surface area (Å²) in [5.41, 5.74) is 4.23. The molecule has 152 valence electrons. The number of carbonyl (C=O) groups excluding carboxylic acids is 2. The van der Waals surface area contributed by atoms with Crippen LogP contribution in [0, 0.1) is 12.8 Å². The lowest BCUT2D eigenvalue weighted by atomic mass is 9.89. The molecule has 0 saturated carbocycles. The van der Waals surface area contributed by atoms with E-state index < -0.39 is 0 Å². The van der Waals surface area contributed by atoms with Crippen LogP contribution in [0.1, 0.15) is 36.9 Å². The number of benzene rings is 1. The van der Waals surface area contributed by atoms with Gasteiger partial charge in [-0.15, -0.1) is 0 Å². The predicted octanol–water partition coefficient (Wildman–Crippen LogP) is 3.19. The molecule has 6 heteroatoms. The lowest BCUT2D eigenvalue weighted by molar-refractivity contribution is -0.129. The number of anilines is 2. The van der Waals surface area contributed by atoms with Gasteiger partial charge >= 0.3 is 0 Å². The van der Waals surface area contributed by atoms with Gasteiger partial charge in [-0.3, -0.25) is 14.6 Å². The van der Waals surface area contributed by atoms with E-state index in [0.717, 1.165) is 56.1 Å². The van der Waals surface area contributed by atoms with E-state index in [4.69, 9.17) is 0 Å². The van der Waals surface area contributed by atoms with Crippen molar-refractivity contribution in [3.05, 3.63) is 53.9 Å². The second-order valence-electron chi connectivity index (χ2n) is 8.10. The number of nitrogens with one attached hydrogen (secondary N) is 1. The second kappa shape index (κ2) is 8.23. The number of aryl methyl sites for hydroxylation is 1. The fourth-order valence-corrected chi connectivity index (χ4v) is 4.26. The Morgan fingerprint density at radius 1 is 1.07 bits per heavy atom. The molecular formula is C23H28N4O2. The fraction of sp³-hybridized carbons (Fsp3) is 0.435. The van der Waals surface area contributed by atoms with Crippen LogP contribution in [0.25, 0.3) is 0 Å². The van der Waals surface area contributed by atoms with E-state index in [-0.39, 0.29) is 17.7 Å². The van der Waals surface area contributed by atoms with Gasteiger partial charge in [0.2, 0.25) is 11.8 Å². The third-order valence-electron chi connectivity index (χ3n) is 6.16. The third-order valence-corrected chi connectivity index (χ3v) is 6.16. The van der Waals surface area contributed by atoms with Crippen molar-refractivity contribution in [2.24, 2.45) is 5.92 Å². The van der Waals surface area contributed by atoms with Gasteiger partial charge in [-0.05, 0) is 55.5 Å². The SMILES string of the molecule is CC(=O)N1CCC(c2ccc(NC(=O)C3CN(c4cccnc4C)C3)cc2)CC1. The summed E-state index contributed by atoms with van der Waals surface area (Å²) in [5.74, 6) is 0.725. The first-order valence-electron chi connectivity index (χ1n) is 10.3. The number of carbonyl (C=O) groups is 2. The third kappa shape index (κ3) is 4.26. The zero-order valence-electron chi connectivity index (χ0n) is 17.1. The van der Waals surface area contributed by atoms with Crippen LogP contribution in [-0.4, -0.2) is 47.9 Å². The van der Waals surface area contributed by atoms with Crippen molar-refractivity contribution in [3.8, 4) is 0 Å². The van der Waals surface area contributed by atoms with Crippen LogP contribution in [-0.2, 0) is 9.59 Å². The van der Waals surface area contributed by atoms with E-state index in [1.807, 2.05) is 30.0 Å². The van der Waals surface area contributed by atoms with Crippen LogP contribution < -0.4 is 10.2 Å². The lowest BCUT2D eigenvalue weighted by Crippen LogP contribution is -2.52. The molecule has 0 unspecified atom stereocenters. The minimum Gasteiger partial charge on any atom is -0.368 e. The summed E-state index contributed by atoms with van der Waals surface area (Å²) in [7, 11) is 0. The Kier molecular flexibility index (Phi) is 5.51. The van der Waals surface area contributed by atoms with Crippen molar-refractivity contribution >= 4 is 23.2 Å². The highest BCUT2D eigenvalue weighted by Gasteiger charge is 2.33. The highest BCUT2D eigenvalue weighted by molar-refractivity contribution is 5.94. The smallest absolute Gasteiger partial charge is 0.231 e. The zero-order valence-corrected chi connectivity index (χ0v) is 17.1. The number of likely N-dealkylation sites (tertiary alicyclic amines) is 1. The molecule has 0 aliphatic carbocycles. The van der Waals surface area contributed by atoms with E-state index in [1.54, 1.807) is 13.1 Å². The largest absolute Gasteiger partial charge is 0.368 e. The standard InChI is InChI=1S/C23H28N4O2/c1-16-22(4-3-11-24-16)27-14-20(15-27)23(29)25-21-7-5-18(6-8-21)19-9-12-26(13-10-19)17(2)28/h3-8,11,19-20H,9-10,12-15H2,1-2H3,(H,25,29). The number of pyridine rings is 1. The molecule has 2 amide bonds. The van der Waals surface area contributed by atoms with Crippen LogP contribution in [0.4, 0.5) is 11.4 Å². The van der Waals surface area contributed by atoms with Gasteiger partial charge in [-0.1, -0.05) is 12.1 Å². The molecule has 4 rings (SSSR count). The maximum absolute atomic E-state index is 12.6. The molecule has 0 spiro atoms. The van der Waals surface area contributed by atoms with Gasteiger partial charge < -0.3 is 15.1 Å². The molecule has 2 aliphatic heterocycles. The van der Waals surface area contributed by atoms with Crippen molar-refractivity contribution in [2.75, 3.05) is 36.4 Å². The molecule has 1 aromatic carbocycles. The number of hydrogen-bond donors (Lipinski definition) is 1. The topological polar surface area (TPSA) is 65.5 Å². The number of hydrogen-bond acceptors (Lipinski definition) is 4. The Morgan fingerprint density at radius 2 is 1.76 bits per heavy atom. The Hall–Kier alpha value is -2.89. The number of rotatable bonds is 4. The van der Waals surface area contributed by atoms with E-state index in [2.05, 4.69) is 33.4 Å². The maximum Gasteiger partial charge on any atom is 0.231 e. The fourth-order valence-electron chi connectivity index (χ4n) is 4.26. The summed E-state index contributed by atoms with van der Waals surface area (Å²) < 4.78 is 0. The van der Waals surface area contributed by atoms with Crippen LogP contribution in [0.5, 0.6) is 0 Å². The predicted molar refractivity (Wildman–Crippen MR) is 114 cm³/mol. The molecule has 1 N–H and O–H groups in total. The van der Waals surface area contributed by atoms with Crippen molar-refractivity contribution in [2.45, 2.75) is 32.6 Å². The average Bonchev–Trinajstić information content (AvgIpc) is 2.69. The van der Waals surface area contributed by atoms with E-state index in [1.165, 1.54) is 5.56 Å². The molecule has 2 aliphatic rings. The van der Waals surface area contributed by atoms with Gasteiger partial charge in [-0.25, -0.2) is 0 Å². The summed E-state index contributed by atoms with van der Waals surface area (Å²) in [4.78, 5) is 32.5. The molecule has 2 fully saturated rings. The molecule has 0 bridgehead atoms. The number of aromatic nitrogens is 1. The van der Waals surface area contributed by atoms with Crippen LogP contribution in [0.2, 0.25) is 0 Å². The monoisotopic (exact) mass is 392 g/mol. The highest BCUT2D eigenvalue weighted by Crippen LogP contribution is 2.30. The second-order valence-corrected chi connectivity index (χ2v) is 8.10. The average molecular weight is 393 g/mol. The molecular weight excluding hydrogens is 364 g/mol. The Balaban J connectivity index is 1.28. The molecule has 2 saturated heterocycles. The molecule has 3 heterocycles. The molecule has 2 aromatic rings. The van der Waals surface area contributed by atoms with Gasteiger partial charge in [-0.2, -0.15) is 0 Å². The maximum atomic E-state index is 12.6. The Bertz CT molecular complexity index is 882. The van der Waals surface area contributed by atoms with Gasteiger partial charge in [0.25, 0.3) is 0 Å². The normalized spacial score (nSPS) is 17.7. The van der Waals surface area contributed by atoms with Gasteiger partial charge in [0.15, 0.2) is 0 Å². The van der Waals surface area contributed by atoms with Crippen LogP contribution in [0.3, 0.4) is 0 Å².